The molecule has 22 heavy (non-hydrogen) atoms. The van der Waals surface area contributed by atoms with Crippen molar-refractivity contribution in [1.82, 2.24) is 4.90 Å². The first-order valence-electron chi connectivity index (χ1n) is 8.02. The molecule has 4 rings (SSSR count). The van der Waals surface area contributed by atoms with E-state index in [4.69, 9.17) is 9.47 Å². The Kier molecular flexibility index (Phi) is 5.39. The smallest absolute Gasteiger partial charge is 0.160 e. The molecule has 3 fully saturated rings. The van der Waals surface area contributed by atoms with Crippen molar-refractivity contribution in [3.63, 3.8) is 0 Å². The Balaban J connectivity index is 1.75. The number of fused-ring (bicyclic) bond motifs is 3. The average molecular weight is 369 g/mol. The summed E-state index contributed by atoms with van der Waals surface area (Å²) in [6, 6.07) is 6.99. The van der Waals surface area contributed by atoms with E-state index in [1.165, 1.54) is 37.2 Å². The number of nitrogens with one attached hydrogen (secondary N) is 1. The van der Waals surface area contributed by atoms with Crippen LogP contribution in [0.5, 0.6) is 0 Å². The van der Waals surface area contributed by atoms with Crippen molar-refractivity contribution in [2.75, 3.05) is 39.2 Å². The van der Waals surface area contributed by atoms with Crippen LogP contribution >= 0.6 is 15.9 Å². The van der Waals surface area contributed by atoms with Crippen LogP contribution in [0.15, 0.2) is 22.7 Å². The summed E-state index contributed by atoms with van der Waals surface area (Å²) >= 11 is 3.57. The van der Waals surface area contributed by atoms with E-state index in [0.29, 0.717) is 6.04 Å². The Morgan fingerprint density at radius 2 is 2.00 bits per heavy atom. The van der Waals surface area contributed by atoms with Crippen molar-refractivity contribution >= 4 is 21.6 Å². The standard InChI is InChI=1S/C17H25BrN2O2/c1-21-17(22-2)10-13-9-14(18)3-4-15(13)19-16-11-20-7-5-12(16)6-8-20/h3-4,9,12,16-17,19H,5-8,10-11H2,1-2H3/t16-/m0/s1. The van der Waals surface area contributed by atoms with Crippen molar-refractivity contribution < 1.29 is 9.47 Å². The third-order valence-electron chi connectivity index (χ3n) is 4.98. The van der Waals surface area contributed by atoms with Crippen molar-refractivity contribution in [3.05, 3.63) is 28.2 Å². The molecular formula is C17H25BrN2O2. The second-order valence-corrected chi connectivity index (χ2v) is 7.21. The van der Waals surface area contributed by atoms with Gasteiger partial charge in [0.2, 0.25) is 0 Å². The number of hydrogen-bond acceptors (Lipinski definition) is 4. The third kappa shape index (κ3) is 3.65. The van der Waals surface area contributed by atoms with Crippen LogP contribution in [-0.4, -0.2) is 51.1 Å². The van der Waals surface area contributed by atoms with E-state index in [2.05, 4.69) is 44.3 Å². The number of anilines is 1. The molecule has 2 bridgehead atoms. The fourth-order valence-electron chi connectivity index (χ4n) is 3.64. The Labute approximate surface area is 141 Å². The highest BCUT2D eigenvalue weighted by molar-refractivity contribution is 9.10. The van der Waals surface area contributed by atoms with Gasteiger partial charge in [-0.25, -0.2) is 0 Å². The van der Waals surface area contributed by atoms with E-state index >= 15 is 0 Å². The molecule has 0 saturated carbocycles. The molecule has 1 N–H and O–H groups in total. The monoisotopic (exact) mass is 368 g/mol. The van der Waals surface area contributed by atoms with E-state index in [1.54, 1.807) is 14.2 Å². The molecule has 3 aliphatic heterocycles. The Hall–Kier alpha value is -0.620. The van der Waals surface area contributed by atoms with Gasteiger partial charge in [-0.3, -0.25) is 0 Å². The summed E-state index contributed by atoms with van der Waals surface area (Å²) in [5.74, 6) is 0.808. The molecular weight excluding hydrogens is 344 g/mol. The molecule has 0 amide bonds. The first-order valence-corrected chi connectivity index (χ1v) is 8.82. The first-order chi connectivity index (χ1) is 10.7. The molecule has 3 heterocycles. The Bertz CT molecular complexity index is 499. The van der Waals surface area contributed by atoms with Gasteiger partial charge >= 0.3 is 0 Å². The van der Waals surface area contributed by atoms with Crippen LogP contribution in [0, 0.1) is 5.92 Å². The summed E-state index contributed by atoms with van der Waals surface area (Å²) in [5.41, 5.74) is 2.44. The maximum absolute atomic E-state index is 5.36. The molecule has 3 aliphatic rings. The van der Waals surface area contributed by atoms with E-state index in [-0.39, 0.29) is 6.29 Å². The first kappa shape index (κ1) is 16.2. The van der Waals surface area contributed by atoms with Crippen LogP contribution in [0.3, 0.4) is 0 Å². The van der Waals surface area contributed by atoms with Gasteiger partial charge in [-0.1, -0.05) is 15.9 Å². The average Bonchev–Trinajstić information content (AvgIpc) is 2.56. The molecule has 122 valence electrons. The molecule has 1 aromatic carbocycles. The second kappa shape index (κ2) is 7.30. The Morgan fingerprint density at radius 1 is 1.27 bits per heavy atom. The number of hydrogen-bond donors (Lipinski definition) is 1. The van der Waals surface area contributed by atoms with Crippen molar-refractivity contribution in [2.24, 2.45) is 5.92 Å². The van der Waals surface area contributed by atoms with E-state index < -0.39 is 0 Å². The zero-order valence-corrected chi connectivity index (χ0v) is 14.9. The minimum atomic E-state index is -0.207. The summed E-state index contributed by atoms with van der Waals surface area (Å²) in [4.78, 5) is 2.57. The summed E-state index contributed by atoms with van der Waals surface area (Å²) in [6.45, 7) is 3.70. The van der Waals surface area contributed by atoms with E-state index in [1.807, 2.05) is 0 Å². The maximum atomic E-state index is 5.36. The van der Waals surface area contributed by atoms with E-state index in [0.717, 1.165) is 23.4 Å². The van der Waals surface area contributed by atoms with Gasteiger partial charge in [0.25, 0.3) is 0 Å². The molecule has 1 aromatic rings. The fourth-order valence-corrected chi connectivity index (χ4v) is 4.05. The van der Waals surface area contributed by atoms with Crippen molar-refractivity contribution in [1.29, 1.82) is 0 Å². The van der Waals surface area contributed by atoms with Gasteiger partial charge in [0.05, 0.1) is 0 Å². The number of halogens is 1. The topological polar surface area (TPSA) is 33.7 Å². The lowest BCUT2D eigenvalue weighted by Gasteiger charge is -2.45. The molecule has 5 heteroatoms. The van der Waals surface area contributed by atoms with Gasteiger partial charge in [0, 0.05) is 43.4 Å². The summed E-state index contributed by atoms with van der Waals surface area (Å²) in [7, 11) is 3.37. The minimum absolute atomic E-state index is 0.207. The lowest BCUT2D eigenvalue weighted by molar-refractivity contribution is -0.100. The van der Waals surface area contributed by atoms with Crippen LogP contribution in [-0.2, 0) is 15.9 Å². The zero-order valence-electron chi connectivity index (χ0n) is 13.3. The summed E-state index contributed by atoms with van der Waals surface area (Å²) in [6.07, 6.45) is 3.18. The van der Waals surface area contributed by atoms with Crippen LogP contribution in [0.25, 0.3) is 0 Å². The number of piperidine rings is 3. The number of methoxy groups -OCH3 is 2. The molecule has 4 nitrogen and oxygen atoms in total. The highest BCUT2D eigenvalue weighted by atomic mass is 79.9. The molecule has 1 atom stereocenters. The van der Waals surface area contributed by atoms with Gasteiger partial charge in [0.1, 0.15) is 0 Å². The highest BCUT2D eigenvalue weighted by Gasteiger charge is 2.34. The molecule has 0 aromatic heterocycles. The maximum Gasteiger partial charge on any atom is 0.160 e. The molecule has 3 saturated heterocycles. The fraction of sp³-hybridized carbons (Fsp3) is 0.647. The quantitative estimate of drug-likeness (QED) is 0.782. The van der Waals surface area contributed by atoms with Gasteiger partial charge in [-0.05, 0) is 55.6 Å². The number of nitrogens with zero attached hydrogens (tertiary/aromatic N) is 1. The highest BCUT2D eigenvalue weighted by Crippen LogP contribution is 2.31. The number of rotatable bonds is 6. The lowest BCUT2D eigenvalue weighted by Crippen LogP contribution is -2.53. The van der Waals surface area contributed by atoms with Crippen LogP contribution in [0.4, 0.5) is 5.69 Å². The SMILES string of the molecule is COC(Cc1cc(Br)ccc1N[C@H]1CN2CCC1CC2)OC. The lowest BCUT2D eigenvalue weighted by atomic mass is 9.84. The normalized spacial score (nSPS) is 27.4. The van der Waals surface area contributed by atoms with Gasteiger partial charge in [-0.2, -0.15) is 0 Å². The van der Waals surface area contributed by atoms with Crippen LogP contribution < -0.4 is 5.32 Å². The molecule has 0 aliphatic carbocycles. The minimum Gasteiger partial charge on any atom is -0.381 e. The summed E-state index contributed by atoms with van der Waals surface area (Å²) < 4.78 is 11.8. The van der Waals surface area contributed by atoms with Gasteiger partial charge < -0.3 is 19.7 Å². The van der Waals surface area contributed by atoms with Gasteiger partial charge in [-0.15, -0.1) is 0 Å². The molecule has 0 radical (unpaired) electrons. The number of benzene rings is 1. The number of ether oxygens (including phenoxy) is 2. The third-order valence-corrected chi connectivity index (χ3v) is 5.47. The predicted octanol–water partition coefficient (Wildman–Crippen LogP) is 3.12. The predicted molar refractivity (Wildman–Crippen MR) is 92.2 cm³/mol. The molecule has 0 spiro atoms. The van der Waals surface area contributed by atoms with Crippen LogP contribution in [0.1, 0.15) is 18.4 Å². The summed E-state index contributed by atoms with van der Waals surface area (Å²) in [5, 5.41) is 3.79. The van der Waals surface area contributed by atoms with Crippen LogP contribution in [0.2, 0.25) is 0 Å². The van der Waals surface area contributed by atoms with Gasteiger partial charge in [0.15, 0.2) is 6.29 Å². The van der Waals surface area contributed by atoms with E-state index in [9.17, 15) is 0 Å². The largest absolute Gasteiger partial charge is 0.381 e. The Morgan fingerprint density at radius 3 is 2.59 bits per heavy atom. The van der Waals surface area contributed by atoms with Crippen molar-refractivity contribution in [2.45, 2.75) is 31.6 Å². The van der Waals surface area contributed by atoms with Crippen molar-refractivity contribution in [3.8, 4) is 0 Å². The molecule has 0 unspecified atom stereocenters. The second-order valence-electron chi connectivity index (χ2n) is 6.30. The zero-order chi connectivity index (χ0) is 15.5.